The Bertz CT molecular complexity index is 421. The number of nitrogens with one attached hydrogen (secondary N) is 1. The summed E-state index contributed by atoms with van der Waals surface area (Å²) in [5.41, 5.74) is 0.712. The number of H-pyrrole nitrogens is 1. The van der Waals surface area contributed by atoms with Gasteiger partial charge < -0.3 is 9.88 Å². The van der Waals surface area contributed by atoms with Crippen molar-refractivity contribution >= 4 is 5.91 Å². The molecule has 0 spiro atoms. The molecule has 0 unspecified atom stereocenters. The van der Waals surface area contributed by atoms with Crippen molar-refractivity contribution in [3.05, 3.63) is 33.7 Å². The summed E-state index contributed by atoms with van der Waals surface area (Å²) in [5, 5.41) is 0. The molecule has 0 aromatic carbocycles. The van der Waals surface area contributed by atoms with E-state index in [1.807, 2.05) is 13.8 Å². The van der Waals surface area contributed by atoms with Crippen LogP contribution in [-0.2, 0) is 0 Å². The predicted octanol–water partition coefficient (Wildman–Crippen LogP) is 1.16. The molecular weight excluding hydrogens is 192 g/mol. The minimum Gasteiger partial charge on any atom is -0.364 e. The fourth-order valence-corrected chi connectivity index (χ4v) is 1.16. The van der Waals surface area contributed by atoms with E-state index in [2.05, 4.69) is 4.98 Å². The fraction of sp³-hybridized carbons (Fsp3) is 0.455. The summed E-state index contributed by atoms with van der Waals surface area (Å²) in [7, 11) is 1.69. The monoisotopic (exact) mass is 208 g/mol. The number of hydrogen-bond acceptors (Lipinski definition) is 2. The van der Waals surface area contributed by atoms with Crippen molar-refractivity contribution in [2.24, 2.45) is 0 Å². The number of nitrogens with zero attached hydrogens (tertiary/aromatic N) is 1. The molecule has 0 radical (unpaired) electrons. The molecule has 1 amide bonds. The van der Waals surface area contributed by atoms with Gasteiger partial charge in [-0.2, -0.15) is 0 Å². The zero-order valence-electron chi connectivity index (χ0n) is 9.50. The van der Waals surface area contributed by atoms with Crippen LogP contribution in [0.3, 0.4) is 0 Å². The number of aromatic nitrogens is 1. The van der Waals surface area contributed by atoms with Gasteiger partial charge in [0.25, 0.3) is 5.91 Å². The van der Waals surface area contributed by atoms with Crippen molar-refractivity contribution in [2.75, 3.05) is 7.05 Å². The smallest absolute Gasteiger partial charge is 0.259 e. The van der Waals surface area contributed by atoms with Crippen molar-refractivity contribution < 1.29 is 4.79 Å². The molecule has 1 heterocycles. The van der Waals surface area contributed by atoms with Crippen molar-refractivity contribution in [2.45, 2.75) is 26.8 Å². The van der Waals surface area contributed by atoms with Crippen LogP contribution >= 0.6 is 0 Å². The average molecular weight is 208 g/mol. The number of amides is 1. The maximum Gasteiger partial charge on any atom is 0.259 e. The van der Waals surface area contributed by atoms with E-state index in [1.165, 1.54) is 12.3 Å². The van der Waals surface area contributed by atoms with Gasteiger partial charge in [-0.05, 0) is 20.8 Å². The quantitative estimate of drug-likeness (QED) is 0.793. The Kier molecular flexibility index (Phi) is 3.29. The van der Waals surface area contributed by atoms with E-state index in [4.69, 9.17) is 0 Å². The number of hydrogen-bond donors (Lipinski definition) is 1. The first-order chi connectivity index (χ1) is 6.93. The summed E-state index contributed by atoms with van der Waals surface area (Å²) in [6.45, 7) is 5.59. The standard InChI is InChI=1S/C11H16N2O2/c1-7(2)13(4)11(15)9-6-12-8(3)5-10(9)14/h5-7H,1-4H3,(H,12,14). The lowest BCUT2D eigenvalue weighted by molar-refractivity contribution is 0.0753. The van der Waals surface area contributed by atoms with Crippen molar-refractivity contribution in [3.63, 3.8) is 0 Å². The molecule has 4 heteroatoms. The molecule has 1 rings (SSSR count). The second kappa shape index (κ2) is 4.29. The third kappa shape index (κ3) is 2.46. The molecule has 0 aliphatic carbocycles. The van der Waals surface area contributed by atoms with E-state index in [1.54, 1.807) is 18.9 Å². The zero-order valence-corrected chi connectivity index (χ0v) is 9.50. The topological polar surface area (TPSA) is 53.2 Å². The van der Waals surface area contributed by atoms with Crippen LogP contribution in [0.5, 0.6) is 0 Å². The Morgan fingerprint density at radius 2 is 2.07 bits per heavy atom. The van der Waals surface area contributed by atoms with Crippen molar-refractivity contribution in [1.82, 2.24) is 9.88 Å². The van der Waals surface area contributed by atoms with Crippen LogP contribution in [0.2, 0.25) is 0 Å². The van der Waals surface area contributed by atoms with Gasteiger partial charge in [-0.25, -0.2) is 0 Å². The number of carbonyl (C=O) groups excluding carboxylic acids is 1. The molecule has 0 atom stereocenters. The van der Waals surface area contributed by atoms with Gasteiger partial charge in [0.2, 0.25) is 0 Å². The average Bonchev–Trinajstić information content (AvgIpc) is 2.15. The summed E-state index contributed by atoms with van der Waals surface area (Å²) >= 11 is 0. The van der Waals surface area contributed by atoms with Crippen molar-refractivity contribution in [3.8, 4) is 0 Å². The van der Waals surface area contributed by atoms with Gasteiger partial charge in [-0.1, -0.05) is 0 Å². The van der Waals surface area contributed by atoms with E-state index in [9.17, 15) is 9.59 Å². The Balaban J connectivity index is 3.07. The molecule has 15 heavy (non-hydrogen) atoms. The molecule has 0 saturated heterocycles. The summed E-state index contributed by atoms with van der Waals surface area (Å²) in [5.74, 6) is -0.244. The molecule has 1 aromatic rings. The first-order valence-corrected chi connectivity index (χ1v) is 4.90. The van der Waals surface area contributed by atoms with Crippen LogP contribution in [-0.4, -0.2) is 28.9 Å². The Morgan fingerprint density at radius 3 is 2.53 bits per heavy atom. The molecule has 0 aliphatic rings. The number of aromatic amines is 1. The lowest BCUT2D eigenvalue weighted by Gasteiger charge is -2.20. The summed E-state index contributed by atoms with van der Waals surface area (Å²) in [6, 6.07) is 1.51. The Labute approximate surface area is 88.9 Å². The number of pyridine rings is 1. The minimum absolute atomic E-state index is 0.0817. The maximum atomic E-state index is 11.8. The lowest BCUT2D eigenvalue weighted by Crippen LogP contribution is -2.35. The van der Waals surface area contributed by atoms with E-state index in [0.717, 1.165) is 5.69 Å². The first kappa shape index (κ1) is 11.5. The summed E-state index contributed by atoms with van der Waals surface area (Å²) in [6.07, 6.45) is 1.47. The highest BCUT2D eigenvalue weighted by Gasteiger charge is 2.16. The molecular formula is C11H16N2O2. The number of carbonyl (C=O) groups is 1. The van der Waals surface area contributed by atoms with Crippen LogP contribution in [0.15, 0.2) is 17.1 Å². The highest BCUT2D eigenvalue weighted by molar-refractivity contribution is 5.93. The third-order valence-electron chi connectivity index (χ3n) is 2.38. The van der Waals surface area contributed by atoms with Crippen LogP contribution in [0, 0.1) is 6.92 Å². The normalized spacial score (nSPS) is 10.5. The van der Waals surface area contributed by atoms with Gasteiger partial charge in [0.05, 0.1) is 0 Å². The van der Waals surface area contributed by atoms with Crippen LogP contribution in [0.1, 0.15) is 29.9 Å². The molecule has 1 aromatic heterocycles. The van der Waals surface area contributed by atoms with Gasteiger partial charge >= 0.3 is 0 Å². The van der Waals surface area contributed by atoms with E-state index in [-0.39, 0.29) is 22.9 Å². The van der Waals surface area contributed by atoms with Crippen molar-refractivity contribution in [1.29, 1.82) is 0 Å². The highest BCUT2D eigenvalue weighted by Crippen LogP contribution is 2.01. The number of rotatable bonds is 2. The zero-order chi connectivity index (χ0) is 11.6. The van der Waals surface area contributed by atoms with Gasteiger partial charge in [0.15, 0.2) is 5.43 Å². The van der Waals surface area contributed by atoms with E-state index >= 15 is 0 Å². The Morgan fingerprint density at radius 1 is 1.47 bits per heavy atom. The van der Waals surface area contributed by atoms with Gasteiger partial charge in [-0.15, -0.1) is 0 Å². The predicted molar refractivity (Wildman–Crippen MR) is 59.0 cm³/mol. The Hall–Kier alpha value is -1.58. The highest BCUT2D eigenvalue weighted by atomic mass is 16.2. The number of aryl methyl sites for hydroxylation is 1. The second-order valence-electron chi connectivity index (χ2n) is 3.90. The van der Waals surface area contributed by atoms with Crippen LogP contribution in [0.25, 0.3) is 0 Å². The van der Waals surface area contributed by atoms with Gasteiger partial charge in [-0.3, -0.25) is 9.59 Å². The second-order valence-corrected chi connectivity index (χ2v) is 3.90. The third-order valence-corrected chi connectivity index (χ3v) is 2.38. The largest absolute Gasteiger partial charge is 0.364 e. The van der Waals surface area contributed by atoms with E-state index in [0.29, 0.717) is 0 Å². The SMILES string of the molecule is Cc1cc(=O)c(C(=O)N(C)C(C)C)c[nH]1. The fourth-order valence-electron chi connectivity index (χ4n) is 1.16. The molecule has 0 bridgehead atoms. The molecule has 1 N–H and O–H groups in total. The van der Waals surface area contributed by atoms with Gasteiger partial charge in [0.1, 0.15) is 5.56 Å². The summed E-state index contributed by atoms with van der Waals surface area (Å²) in [4.78, 5) is 27.8. The van der Waals surface area contributed by atoms with Crippen LogP contribution in [0.4, 0.5) is 0 Å². The molecule has 82 valence electrons. The summed E-state index contributed by atoms with van der Waals surface area (Å²) < 4.78 is 0. The minimum atomic E-state index is -0.244. The van der Waals surface area contributed by atoms with Gasteiger partial charge in [0, 0.05) is 31.0 Å². The lowest BCUT2D eigenvalue weighted by atomic mass is 10.2. The molecule has 0 aliphatic heterocycles. The van der Waals surface area contributed by atoms with E-state index < -0.39 is 0 Å². The maximum absolute atomic E-state index is 11.8. The first-order valence-electron chi connectivity index (χ1n) is 4.90. The molecule has 0 saturated carbocycles. The van der Waals surface area contributed by atoms with Crippen LogP contribution < -0.4 is 5.43 Å². The molecule has 4 nitrogen and oxygen atoms in total. The molecule has 0 fully saturated rings.